The number of carbonyl (C=O) groups is 1. The Bertz CT molecular complexity index is 1920. The number of rotatable bonds is 7. The quantitative estimate of drug-likeness (QED) is 0.221. The van der Waals surface area contributed by atoms with Crippen LogP contribution in [0.25, 0.3) is 32.1 Å². The zero-order chi connectivity index (χ0) is 31.6. The molecule has 3 aliphatic rings. The molecule has 4 aromatic rings. The molecule has 0 bridgehead atoms. The molecule has 0 spiro atoms. The number of ether oxygens (including phenoxy) is 1. The van der Waals surface area contributed by atoms with Gasteiger partial charge in [0, 0.05) is 35.8 Å². The molecule has 3 N–H and O–H groups in total. The van der Waals surface area contributed by atoms with Crippen LogP contribution in [0.15, 0.2) is 18.2 Å². The molecule has 45 heavy (non-hydrogen) atoms. The average Bonchev–Trinajstić information content (AvgIpc) is 3.63. The molecule has 3 fully saturated rings. The van der Waals surface area contributed by atoms with E-state index in [2.05, 4.69) is 20.2 Å². The van der Waals surface area contributed by atoms with Crippen molar-refractivity contribution in [3.63, 3.8) is 0 Å². The predicted molar refractivity (Wildman–Crippen MR) is 163 cm³/mol. The number of alkyl halides is 1. The second kappa shape index (κ2) is 11.2. The molecule has 3 aliphatic heterocycles. The van der Waals surface area contributed by atoms with Gasteiger partial charge >= 0.3 is 12.1 Å². The van der Waals surface area contributed by atoms with Crippen molar-refractivity contribution >= 4 is 60.8 Å². The number of nitriles is 1. The van der Waals surface area contributed by atoms with Crippen LogP contribution in [0.4, 0.5) is 28.8 Å². The lowest BCUT2D eigenvalue weighted by Gasteiger charge is -2.41. The summed E-state index contributed by atoms with van der Waals surface area (Å²) in [5, 5.41) is 31.3. The van der Waals surface area contributed by atoms with Crippen LogP contribution in [0, 0.1) is 23.0 Å². The Labute approximate surface area is 263 Å². The molecule has 3 saturated heterocycles. The molecule has 0 aliphatic carbocycles. The van der Waals surface area contributed by atoms with E-state index in [1.54, 1.807) is 0 Å². The number of thiophene rings is 1. The van der Waals surface area contributed by atoms with Crippen LogP contribution in [0.2, 0.25) is 5.02 Å². The zero-order valence-electron chi connectivity index (χ0n) is 23.6. The molecule has 234 valence electrons. The monoisotopic (exact) mass is 658 g/mol. The van der Waals surface area contributed by atoms with Gasteiger partial charge in [0.1, 0.15) is 41.0 Å². The minimum atomic E-state index is -1.45. The molecule has 10 nitrogen and oxygen atoms in total. The first-order valence-electron chi connectivity index (χ1n) is 14.4. The fourth-order valence-electron chi connectivity index (χ4n) is 6.92. The first-order chi connectivity index (χ1) is 21.6. The van der Waals surface area contributed by atoms with Crippen LogP contribution >= 0.6 is 22.9 Å². The van der Waals surface area contributed by atoms with Gasteiger partial charge in [0.25, 0.3) is 0 Å². The van der Waals surface area contributed by atoms with Crippen molar-refractivity contribution in [3.05, 3.63) is 40.4 Å². The Balaban J connectivity index is 1.39. The number of aliphatic hydroxyl groups excluding tert-OH is 1. The first-order valence-corrected chi connectivity index (χ1v) is 15.6. The minimum absolute atomic E-state index is 0.00248. The van der Waals surface area contributed by atoms with Crippen LogP contribution in [0.1, 0.15) is 31.2 Å². The van der Waals surface area contributed by atoms with Crippen LogP contribution in [-0.2, 0) is 0 Å². The Morgan fingerprint density at radius 1 is 1.31 bits per heavy atom. The Kier molecular flexibility index (Phi) is 7.39. The summed E-state index contributed by atoms with van der Waals surface area (Å²) in [5.74, 6) is -1.29. The topological polar surface area (TPSA) is 135 Å². The lowest BCUT2D eigenvalue weighted by Crippen LogP contribution is -2.50. The smallest absolute Gasteiger partial charge is 0.409 e. The van der Waals surface area contributed by atoms with Crippen molar-refractivity contribution in [1.82, 2.24) is 14.9 Å². The summed E-state index contributed by atoms with van der Waals surface area (Å²) in [6, 6.07) is 5.38. The number of fused-ring (bicyclic) bond motifs is 3. The highest BCUT2D eigenvalue weighted by molar-refractivity contribution is 7.23. The van der Waals surface area contributed by atoms with Crippen molar-refractivity contribution in [3.8, 4) is 23.2 Å². The summed E-state index contributed by atoms with van der Waals surface area (Å²) >= 11 is 7.43. The van der Waals surface area contributed by atoms with Gasteiger partial charge in [-0.15, -0.1) is 11.3 Å². The molecule has 3 atom stereocenters. The lowest BCUT2D eigenvalue weighted by atomic mass is 9.95. The van der Waals surface area contributed by atoms with Crippen molar-refractivity contribution in [2.24, 2.45) is 0 Å². The SMILES string of the molecule is N#Cc1c(NC(=O)O)sc2c(F)ccc(-c3c(Cl)cc4c(N5CCC5CO)nc(OC[C@@]56CCCN5C[C@H](F)C6)nc4c3F)c12. The standard InChI is InChI=1S/C30H26ClF3N6O4S/c31-19-8-17-24(23(34)22(19)16-2-3-20(33)25-21(16)18(10-35)27(45-25)38-29(42)43)36-28(37-26(17)40-7-4-15(40)12-41)44-13-30-5-1-6-39(30)11-14(32)9-30/h2-3,8,14-15,38,41H,1,4-7,9,11-13H2,(H,42,43)/t14-,15?,30+/m1/s1. The van der Waals surface area contributed by atoms with Crippen LogP contribution in [-0.4, -0.2) is 81.8 Å². The van der Waals surface area contributed by atoms with Gasteiger partial charge in [-0.25, -0.2) is 18.0 Å². The molecular formula is C30H26ClF3N6O4S. The molecule has 2 aromatic carbocycles. The van der Waals surface area contributed by atoms with E-state index in [9.17, 15) is 29.1 Å². The minimum Gasteiger partial charge on any atom is -0.465 e. The molecule has 7 rings (SSSR count). The number of nitrogens with zero attached hydrogens (tertiary/aromatic N) is 5. The maximum atomic E-state index is 16.8. The third kappa shape index (κ3) is 4.80. The Hall–Kier alpha value is -3.90. The van der Waals surface area contributed by atoms with Gasteiger partial charge in [0.15, 0.2) is 5.82 Å². The highest BCUT2D eigenvalue weighted by atomic mass is 35.5. The number of hydrogen-bond acceptors (Lipinski definition) is 9. The van der Waals surface area contributed by atoms with Gasteiger partial charge < -0.3 is 19.8 Å². The fourth-order valence-corrected chi connectivity index (χ4v) is 8.29. The largest absolute Gasteiger partial charge is 0.465 e. The van der Waals surface area contributed by atoms with Gasteiger partial charge in [-0.05, 0) is 43.5 Å². The van der Waals surface area contributed by atoms with E-state index in [-0.39, 0.29) is 73.0 Å². The molecule has 0 radical (unpaired) electrons. The summed E-state index contributed by atoms with van der Waals surface area (Å²) in [6.07, 6.45) is 0.260. The van der Waals surface area contributed by atoms with E-state index in [1.807, 2.05) is 11.0 Å². The lowest BCUT2D eigenvalue weighted by molar-refractivity contribution is 0.107. The average molecular weight is 659 g/mol. The third-order valence-corrected chi connectivity index (χ3v) is 10.5. The van der Waals surface area contributed by atoms with Crippen molar-refractivity contribution in [1.29, 1.82) is 5.26 Å². The Morgan fingerprint density at radius 2 is 2.13 bits per heavy atom. The van der Waals surface area contributed by atoms with Gasteiger partial charge in [-0.3, -0.25) is 10.2 Å². The van der Waals surface area contributed by atoms with Gasteiger partial charge in [0.05, 0.1) is 33.5 Å². The highest BCUT2D eigenvalue weighted by Crippen LogP contribution is 2.47. The van der Waals surface area contributed by atoms with E-state index in [0.29, 0.717) is 43.1 Å². The molecule has 0 saturated carbocycles. The Morgan fingerprint density at radius 3 is 2.84 bits per heavy atom. The maximum absolute atomic E-state index is 16.8. The van der Waals surface area contributed by atoms with Crippen LogP contribution in [0.3, 0.4) is 0 Å². The molecule has 1 unspecified atom stereocenters. The maximum Gasteiger partial charge on any atom is 0.409 e. The first kappa shape index (κ1) is 29.8. The van der Waals surface area contributed by atoms with Gasteiger partial charge in [-0.2, -0.15) is 15.2 Å². The van der Waals surface area contributed by atoms with E-state index in [4.69, 9.17) is 16.3 Å². The highest BCUT2D eigenvalue weighted by Gasteiger charge is 2.49. The molecular weight excluding hydrogens is 633 g/mol. The van der Waals surface area contributed by atoms with Gasteiger partial charge in [-0.1, -0.05) is 17.7 Å². The number of amides is 1. The fraction of sp³-hybridized carbons (Fsp3) is 0.400. The van der Waals surface area contributed by atoms with E-state index in [0.717, 1.165) is 25.5 Å². The number of benzene rings is 2. The van der Waals surface area contributed by atoms with E-state index < -0.39 is 29.4 Å². The number of hydrogen-bond donors (Lipinski definition) is 3. The second-order valence-electron chi connectivity index (χ2n) is 11.6. The molecule has 15 heteroatoms. The molecule has 1 amide bonds. The summed E-state index contributed by atoms with van der Waals surface area (Å²) in [6.45, 7) is 1.60. The number of halogens is 4. The number of nitrogens with one attached hydrogen (secondary N) is 1. The second-order valence-corrected chi connectivity index (χ2v) is 13.0. The number of anilines is 2. The zero-order valence-corrected chi connectivity index (χ0v) is 25.2. The van der Waals surface area contributed by atoms with Crippen molar-refractivity contribution in [2.75, 3.05) is 43.1 Å². The number of carboxylic acid groups (broad SMARTS) is 1. The summed E-state index contributed by atoms with van der Waals surface area (Å²) in [4.78, 5) is 24.3. The van der Waals surface area contributed by atoms with Crippen LogP contribution in [0.5, 0.6) is 6.01 Å². The third-order valence-electron chi connectivity index (χ3n) is 9.09. The van der Waals surface area contributed by atoms with E-state index >= 15 is 4.39 Å². The summed E-state index contributed by atoms with van der Waals surface area (Å²) < 4.78 is 52.2. The summed E-state index contributed by atoms with van der Waals surface area (Å²) in [5.41, 5.74) is -0.921. The van der Waals surface area contributed by atoms with E-state index in [1.165, 1.54) is 12.1 Å². The number of aliphatic hydroxyl groups is 1. The molecule has 5 heterocycles. The molecule has 2 aromatic heterocycles. The summed E-state index contributed by atoms with van der Waals surface area (Å²) in [7, 11) is 0. The van der Waals surface area contributed by atoms with Crippen LogP contribution < -0.4 is 15.0 Å². The normalized spacial score (nSPS) is 22.9. The predicted octanol–water partition coefficient (Wildman–Crippen LogP) is 5.93. The van der Waals surface area contributed by atoms with Gasteiger partial charge in [0.2, 0.25) is 0 Å². The number of aromatic nitrogens is 2. The van der Waals surface area contributed by atoms with Crippen molar-refractivity contribution < 1.29 is 32.9 Å². The van der Waals surface area contributed by atoms with Crippen molar-refractivity contribution in [2.45, 2.75) is 43.4 Å².